The topological polar surface area (TPSA) is 29.1 Å². The van der Waals surface area contributed by atoms with E-state index in [1.807, 2.05) is 13.0 Å². The Bertz CT molecular complexity index is 285. The Kier molecular flexibility index (Phi) is 3.69. The van der Waals surface area contributed by atoms with Gasteiger partial charge in [-0.15, -0.1) is 0 Å². The number of allylic oxidation sites excluding steroid dienone is 3. The highest BCUT2D eigenvalue weighted by atomic mass is 16.2. The van der Waals surface area contributed by atoms with Gasteiger partial charge < -0.3 is 5.32 Å². The molecule has 1 aliphatic carbocycles. The van der Waals surface area contributed by atoms with Crippen LogP contribution in [0.25, 0.3) is 0 Å². The van der Waals surface area contributed by atoms with Gasteiger partial charge in [-0.1, -0.05) is 31.7 Å². The summed E-state index contributed by atoms with van der Waals surface area (Å²) in [5, 5.41) is 2.76. The van der Waals surface area contributed by atoms with Crippen molar-refractivity contribution in [2.75, 3.05) is 0 Å². The maximum absolute atomic E-state index is 11.3. The monoisotopic (exact) mass is 191 g/mol. The van der Waals surface area contributed by atoms with Crippen LogP contribution in [0.3, 0.4) is 0 Å². The van der Waals surface area contributed by atoms with E-state index in [4.69, 9.17) is 0 Å². The van der Waals surface area contributed by atoms with E-state index in [9.17, 15) is 4.79 Å². The first-order valence-corrected chi connectivity index (χ1v) is 4.99. The maximum atomic E-state index is 11.3. The number of nitrogens with one attached hydrogen (secondary N) is 1. The molecule has 0 aromatic heterocycles. The van der Waals surface area contributed by atoms with Crippen molar-refractivity contribution in [3.63, 3.8) is 0 Å². The van der Waals surface area contributed by atoms with E-state index in [1.165, 1.54) is 0 Å². The third-order valence-electron chi connectivity index (χ3n) is 2.21. The molecule has 76 valence electrons. The second-order valence-corrected chi connectivity index (χ2v) is 3.63. The molecule has 14 heavy (non-hydrogen) atoms. The van der Waals surface area contributed by atoms with Gasteiger partial charge in [0.05, 0.1) is 0 Å². The highest BCUT2D eigenvalue weighted by Gasteiger charge is 2.29. The van der Waals surface area contributed by atoms with Gasteiger partial charge >= 0.3 is 0 Å². The zero-order chi connectivity index (χ0) is 10.6. The van der Waals surface area contributed by atoms with Crippen molar-refractivity contribution >= 4 is 5.91 Å². The molecule has 2 nitrogen and oxygen atoms in total. The van der Waals surface area contributed by atoms with Gasteiger partial charge in [0.2, 0.25) is 5.91 Å². The lowest BCUT2D eigenvalue weighted by atomic mass is 10.2. The second-order valence-electron chi connectivity index (χ2n) is 3.63. The van der Waals surface area contributed by atoms with Crippen LogP contribution in [0.15, 0.2) is 36.6 Å². The smallest absolute Gasteiger partial charge is 0.227 e. The molecule has 1 N–H and O–H groups in total. The standard InChI is InChI=1S/C12H17NO/c1-4-9(2)5-6-10(3)13-12(14)11-7-8-11/h5-6,11H,2-4,7-8H2,1H3,(H,13,14)/b6-5-. The van der Waals surface area contributed by atoms with Crippen molar-refractivity contribution in [3.8, 4) is 0 Å². The number of rotatable bonds is 5. The summed E-state index contributed by atoms with van der Waals surface area (Å²) < 4.78 is 0. The summed E-state index contributed by atoms with van der Waals surface area (Å²) in [6.45, 7) is 9.62. The molecule has 0 spiro atoms. The third kappa shape index (κ3) is 3.60. The predicted molar refractivity (Wildman–Crippen MR) is 58.6 cm³/mol. The van der Waals surface area contributed by atoms with Crippen molar-refractivity contribution in [2.45, 2.75) is 26.2 Å². The van der Waals surface area contributed by atoms with Gasteiger partial charge in [-0.25, -0.2) is 0 Å². The van der Waals surface area contributed by atoms with Gasteiger partial charge in [-0.3, -0.25) is 4.79 Å². The Morgan fingerprint density at radius 1 is 1.43 bits per heavy atom. The second kappa shape index (κ2) is 4.80. The Labute approximate surface area is 85.4 Å². The van der Waals surface area contributed by atoms with Crippen LogP contribution in [0.2, 0.25) is 0 Å². The first-order valence-electron chi connectivity index (χ1n) is 4.99. The molecule has 0 saturated heterocycles. The van der Waals surface area contributed by atoms with Crippen LogP contribution in [-0.2, 0) is 4.79 Å². The van der Waals surface area contributed by atoms with Gasteiger partial charge in [0.1, 0.15) is 0 Å². The van der Waals surface area contributed by atoms with Crippen LogP contribution in [0.5, 0.6) is 0 Å². The lowest BCUT2D eigenvalue weighted by Crippen LogP contribution is -2.22. The van der Waals surface area contributed by atoms with Gasteiger partial charge in [0.25, 0.3) is 0 Å². The van der Waals surface area contributed by atoms with E-state index in [2.05, 4.69) is 18.5 Å². The average molecular weight is 191 g/mol. The molecule has 0 aliphatic heterocycles. The molecular weight excluding hydrogens is 174 g/mol. The van der Waals surface area contributed by atoms with Gasteiger partial charge in [-0.05, 0) is 25.3 Å². The quantitative estimate of drug-likeness (QED) is 0.665. The molecule has 1 fully saturated rings. The fourth-order valence-corrected chi connectivity index (χ4v) is 0.984. The Morgan fingerprint density at radius 2 is 2.07 bits per heavy atom. The number of carbonyl (C=O) groups is 1. The third-order valence-corrected chi connectivity index (χ3v) is 2.21. The van der Waals surface area contributed by atoms with Gasteiger partial charge in [-0.2, -0.15) is 0 Å². The first kappa shape index (κ1) is 10.8. The summed E-state index contributed by atoms with van der Waals surface area (Å²) >= 11 is 0. The Balaban J connectivity index is 2.30. The van der Waals surface area contributed by atoms with E-state index in [-0.39, 0.29) is 11.8 Å². The molecule has 0 aromatic rings. The SMILES string of the molecule is C=C(/C=C\C(=C)NC(=O)C1CC1)CC. The lowest BCUT2D eigenvalue weighted by molar-refractivity contribution is -0.121. The molecule has 0 radical (unpaired) electrons. The molecule has 0 unspecified atom stereocenters. The largest absolute Gasteiger partial charge is 0.326 e. The fraction of sp³-hybridized carbons (Fsp3) is 0.417. The molecule has 2 heteroatoms. The van der Waals surface area contributed by atoms with E-state index in [1.54, 1.807) is 6.08 Å². The molecule has 1 rings (SSSR count). The molecule has 1 aliphatic rings. The fourth-order valence-electron chi connectivity index (χ4n) is 0.984. The summed E-state index contributed by atoms with van der Waals surface area (Å²) in [4.78, 5) is 11.3. The van der Waals surface area contributed by atoms with Crippen LogP contribution >= 0.6 is 0 Å². The van der Waals surface area contributed by atoms with Crippen molar-refractivity contribution in [1.29, 1.82) is 0 Å². The van der Waals surface area contributed by atoms with E-state index < -0.39 is 0 Å². The van der Waals surface area contributed by atoms with Crippen LogP contribution < -0.4 is 5.32 Å². The molecule has 0 heterocycles. The zero-order valence-electron chi connectivity index (χ0n) is 8.68. The predicted octanol–water partition coefficient (Wildman–Crippen LogP) is 2.55. The summed E-state index contributed by atoms with van der Waals surface area (Å²) in [6, 6.07) is 0. The van der Waals surface area contributed by atoms with E-state index in [0.717, 1.165) is 24.8 Å². The van der Waals surface area contributed by atoms with Crippen LogP contribution in [0, 0.1) is 5.92 Å². The van der Waals surface area contributed by atoms with Crippen LogP contribution in [0.4, 0.5) is 0 Å². The van der Waals surface area contributed by atoms with Crippen molar-refractivity contribution in [1.82, 2.24) is 5.32 Å². The maximum Gasteiger partial charge on any atom is 0.227 e. The minimum absolute atomic E-state index is 0.0989. The molecule has 0 atom stereocenters. The number of hydrogen-bond acceptors (Lipinski definition) is 1. The summed E-state index contributed by atoms with van der Waals surface area (Å²) in [5.41, 5.74) is 1.68. The summed E-state index contributed by atoms with van der Waals surface area (Å²) in [6.07, 6.45) is 6.64. The Hall–Kier alpha value is -1.31. The molecule has 1 saturated carbocycles. The molecule has 0 aromatic carbocycles. The van der Waals surface area contributed by atoms with Crippen molar-refractivity contribution < 1.29 is 4.79 Å². The highest BCUT2D eigenvalue weighted by molar-refractivity contribution is 5.82. The van der Waals surface area contributed by atoms with Crippen LogP contribution in [0.1, 0.15) is 26.2 Å². The number of hydrogen-bond donors (Lipinski definition) is 1. The molecular formula is C12H17NO. The van der Waals surface area contributed by atoms with Gasteiger partial charge in [0.15, 0.2) is 0 Å². The van der Waals surface area contributed by atoms with Crippen LogP contribution in [-0.4, -0.2) is 5.91 Å². The highest BCUT2D eigenvalue weighted by Crippen LogP contribution is 2.28. The normalized spacial score (nSPS) is 15.5. The van der Waals surface area contributed by atoms with Crippen molar-refractivity contribution in [3.05, 3.63) is 36.6 Å². The molecule has 1 amide bonds. The van der Waals surface area contributed by atoms with E-state index in [0.29, 0.717) is 5.70 Å². The first-order chi connectivity index (χ1) is 6.63. The lowest BCUT2D eigenvalue weighted by Gasteiger charge is -2.02. The minimum Gasteiger partial charge on any atom is -0.326 e. The Morgan fingerprint density at radius 3 is 2.57 bits per heavy atom. The summed E-state index contributed by atoms with van der Waals surface area (Å²) in [7, 11) is 0. The minimum atomic E-state index is 0.0989. The number of amides is 1. The van der Waals surface area contributed by atoms with Crippen molar-refractivity contribution in [2.24, 2.45) is 5.92 Å². The zero-order valence-corrected chi connectivity index (χ0v) is 8.68. The summed E-state index contributed by atoms with van der Waals surface area (Å²) in [5.74, 6) is 0.330. The average Bonchev–Trinajstić information content (AvgIpc) is 2.97. The van der Waals surface area contributed by atoms with Gasteiger partial charge in [0, 0.05) is 11.6 Å². The number of carbonyl (C=O) groups excluding carboxylic acids is 1. The molecule has 0 bridgehead atoms. The van der Waals surface area contributed by atoms with E-state index >= 15 is 0 Å².